The van der Waals surface area contributed by atoms with Gasteiger partial charge in [0.05, 0.1) is 14.2 Å². The van der Waals surface area contributed by atoms with Crippen molar-refractivity contribution in [2.75, 3.05) is 14.2 Å². The smallest absolute Gasteiger partial charge is 0.133 e. The van der Waals surface area contributed by atoms with Crippen molar-refractivity contribution in [3.05, 3.63) is 48.0 Å². The van der Waals surface area contributed by atoms with Gasteiger partial charge in [0.15, 0.2) is 0 Å². The summed E-state index contributed by atoms with van der Waals surface area (Å²) in [4.78, 5) is 0. The van der Waals surface area contributed by atoms with Crippen LogP contribution in [0.4, 0.5) is 8.78 Å². The summed E-state index contributed by atoms with van der Waals surface area (Å²) in [6.07, 6.45) is 0. The summed E-state index contributed by atoms with van der Waals surface area (Å²) in [5, 5.41) is 0. The highest BCUT2D eigenvalue weighted by Crippen LogP contribution is 2.31. The van der Waals surface area contributed by atoms with Crippen molar-refractivity contribution in [3.8, 4) is 22.6 Å². The minimum Gasteiger partial charge on any atom is -0.497 e. The minimum absolute atomic E-state index is 0.300. The third kappa shape index (κ3) is 2.42. The van der Waals surface area contributed by atoms with E-state index in [4.69, 9.17) is 9.47 Å². The Kier molecular flexibility index (Phi) is 3.46. The lowest BCUT2D eigenvalue weighted by Gasteiger charge is -2.09. The van der Waals surface area contributed by atoms with E-state index in [0.717, 1.165) is 6.07 Å². The first kappa shape index (κ1) is 12.4. The van der Waals surface area contributed by atoms with Crippen LogP contribution in [0.2, 0.25) is 0 Å². The molecule has 0 aromatic heterocycles. The van der Waals surface area contributed by atoms with Gasteiger partial charge in [-0.05, 0) is 29.8 Å². The molecule has 0 N–H and O–H groups in total. The van der Waals surface area contributed by atoms with E-state index >= 15 is 0 Å². The summed E-state index contributed by atoms with van der Waals surface area (Å²) in [5.41, 5.74) is 0.873. The van der Waals surface area contributed by atoms with Crippen molar-refractivity contribution in [2.45, 2.75) is 0 Å². The molecule has 0 heterocycles. The summed E-state index contributed by atoms with van der Waals surface area (Å²) in [5.74, 6) is -0.127. The maximum atomic E-state index is 13.7. The van der Waals surface area contributed by atoms with E-state index < -0.39 is 11.6 Å². The molecule has 2 aromatic rings. The molecule has 2 nitrogen and oxygen atoms in total. The monoisotopic (exact) mass is 250 g/mol. The van der Waals surface area contributed by atoms with Gasteiger partial charge in [0.1, 0.15) is 23.1 Å². The number of halogens is 2. The molecule has 0 amide bonds. The van der Waals surface area contributed by atoms with Crippen molar-refractivity contribution >= 4 is 0 Å². The molecule has 0 saturated carbocycles. The standard InChI is InChI=1S/C14H12F2O2/c1-17-11-5-9(6-12(8-11)18-2)13-4-3-10(15)7-14(13)16/h3-8H,1-2H3. The Morgan fingerprint density at radius 3 is 1.94 bits per heavy atom. The van der Waals surface area contributed by atoms with Crippen LogP contribution in [0, 0.1) is 11.6 Å². The molecule has 0 unspecified atom stereocenters. The lowest BCUT2D eigenvalue weighted by molar-refractivity contribution is 0.394. The number of hydrogen-bond acceptors (Lipinski definition) is 2. The van der Waals surface area contributed by atoms with Crippen LogP contribution in [0.15, 0.2) is 36.4 Å². The van der Waals surface area contributed by atoms with E-state index in [1.54, 1.807) is 18.2 Å². The van der Waals surface area contributed by atoms with Gasteiger partial charge in [0.2, 0.25) is 0 Å². The zero-order valence-electron chi connectivity index (χ0n) is 10.0. The number of rotatable bonds is 3. The first-order valence-electron chi connectivity index (χ1n) is 5.32. The van der Waals surface area contributed by atoms with Gasteiger partial charge in [0.25, 0.3) is 0 Å². The van der Waals surface area contributed by atoms with Crippen LogP contribution >= 0.6 is 0 Å². The van der Waals surface area contributed by atoms with Crippen LogP contribution in [0.5, 0.6) is 11.5 Å². The SMILES string of the molecule is COc1cc(OC)cc(-c2ccc(F)cc2F)c1. The van der Waals surface area contributed by atoms with Gasteiger partial charge in [-0.1, -0.05) is 0 Å². The molecule has 0 aliphatic carbocycles. The van der Waals surface area contributed by atoms with Crippen LogP contribution in [-0.2, 0) is 0 Å². The van der Waals surface area contributed by atoms with Gasteiger partial charge in [-0.15, -0.1) is 0 Å². The van der Waals surface area contributed by atoms with Crippen molar-refractivity contribution in [1.29, 1.82) is 0 Å². The molecule has 0 spiro atoms. The Labute approximate surface area is 104 Å². The Morgan fingerprint density at radius 1 is 0.833 bits per heavy atom. The molecule has 18 heavy (non-hydrogen) atoms. The molecule has 0 radical (unpaired) electrons. The fourth-order valence-corrected chi connectivity index (χ4v) is 1.69. The molecule has 0 saturated heterocycles. The second kappa shape index (κ2) is 5.04. The van der Waals surface area contributed by atoms with Crippen molar-refractivity contribution in [3.63, 3.8) is 0 Å². The highest BCUT2D eigenvalue weighted by Gasteiger charge is 2.09. The molecule has 2 aromatic carbocycles. The fraction of sp³-hybridized carbons (Fsp3) is 0.143. The molecule has 0 aliphatic rings. The number of ether oxygens (including phenoxy) is 2. The summed E-state index contributed by atoms with van der Waals surface area (Å²) >= 11 is 0. The molecule has 0 atom stereocenters. The quantitative estimate of drug-likeness (QED) is 0.827. The van der Waals surface area contributed by atoms with Crippen molar-refractivity contribution in [1.82, 2.24) is 0 Å². The molecular formula is C14H12F2O2. The molecule has 2 rings (SSSR count). The van der Waals surface area contributed by atoms with Gasteiger partial charge in [-0.3, -0.25) is 0 Å². The topological polar surface area (TPSA) is 18.5 Å². The van der Waals surface area contributed by atoms with Crippen LogP contribution in [-0.4, -0.2) is 14.2 Å². The first-order chi connectivity index (χ1) is 8.63. The molecule has 94 valence electrons. The van der Waals surface area contributed by atoms with Gasteiger partial charge < -0.3 is 9.47 Å². The normalized spacial score (nSPS) is 10.2. The van der Waals surface area contributed by atoms with Gasteiger partial charge in [0, 0.05) is 17.7 Å². The predicted octanol–water partition coefficient (Wildman–Crippen LogP) is 3.65. The van der Waals surface area contributed by atoms with Crippen LogP contribution in [0.1, 0.15) is 0 Å². The van der Waals surface area contributed by atoms with Crippen LogP contribution in [0.3, 0.4) is 0 Å². The number of methoxy groups -OCH3 is 2. The maximum Gasteiger partial charge on any atom is 0.133 e. The molecule has 0 fully saturated rings. The maximum absolute atomic E-state index is 13.7. The predicted molar refractivity (Wildman–Crippen MR) is 64.9 cm³/mol. The third-order valence-corrected chi connectivity index (χ3v) is 2.59. The van der Waals surface area contributed by atoms with Crippen molar-refractivity contribution in [2.24, 2.45) is 0 Å². The lowest BCUT2D eigenvalue weighted by Crippen LogP contribution is -1.91. The van der Waals surface area contributed by atoms with E-state index in [9.17, 15) is 8.78 Å². The summed E-state index contributed by atoms with van der Waals surface area (Å²) in [6.45, 7) is 0. The van der Waals surface area contributed by atoms with Crippen LogP contribution < -0.4 is 9.47 Å². The van der Waals surface area contributed by atoms with E-state index in [1.807, 2.05) is 0 Å². The Hall–Kier alpha value is -2.10. The second-order valence-electron chi connectivity index (χ2n) is 3.73. The van der Waals surface area contributed by atoms with Crippen LogP contribution in [0.25, 0.3) is 11.1 Å². The first-order valence-corrected chi connectivity index (χ1v) is 5.32. The summed E-state index contributed by atoms with van der Waals surface area (Å²) in [7, 11) is 3.03. The Bertz CT molecular complexity index is 545. The lowest BCUT2D eigenvalue weighted by atomic mass is 10.0. The van der Waals surface area contributed by atoms with E-state index in [-0.39, 0.29) is 0 Å². The molecular weight excluding hydrogens is 238 g/mol. The Morgan fingerprint density at radius 2 is 1.44 bits per heavy atom. The minimum atomic E-state index is -0.620. The zero-order chi connectivity index (χ0) is 13.1. The average Bonchev–Trinajstić information content (AvgIpc) is 2.38. The number of benzene rings is 2. The molecule has 0 bridgehead atoms. The second-order valence-corrected chi connectivity index (χ2v) is 3.73. The van der Waals surface area contributed by atoms with E-state index in [2.05, 4.69) is 0 Å². The van der Waals surface area contributed by atoms with Gasteiger partial charge in [-0.25, -0.2) is 8.78 Å². The molecule has 4 heteroatoms. The van der Waals surface area contributed by atoms with Gasteiger partial charge in [-0.2, -0.15) is 0 Å². The van der Waals surface area contributed by atoms with Gasteiger partial charge >= 0.3 is 0 Å². The largest absolute Gasteiger partial charge is 0.497 e. The summed E-state index contributed by atoms with van der Waals surface area (Å²) < 4.78 is 36.8. The van der Waals surface area contributed by atoms with E-state index in [0.29, 0.717) is 22.6 Å². The highest BCUT2D eigenvalue weighted by atomic mass is 19.1. The summed E-state index contributed by atoms with van der Waals surface area (Å²) in [6, 6.07) is 8.47. The van der Waals surface area contributed by atoms with E-state index in [1.165, 1.54) is 26.4 Å². The fourth-order valence-electron chi connectivity index (χ4n) is 1.69. The molecule has 0 aliphatic heterocycles. The Balaban J connectivity index is 2.55. The zero-order valence-corrected chi connectivity index (χ0v) is 10.0. The highest BCUT2D eigenvalue weighted by molar-refractivity contribution is 5.67. The average molecular weight is 250 g/mol. The third-order valence-electron chi connectivity index (χ3n) is 2.59. The van der Waals surface area contributed by atoms with Crippen molar-refractivity contribution < 1.29 is 18.3 Å². The number of hydrogen-bond donors (Lipinski definition) is 0.